The topological polar surface area (TPSA) is 46.2 Å². The second kappa shape index (κ2) is 7.63. The van der Waals surface area contributed by atoms with Gasteiger partial charge in [0.15, 0.2) is 0 Å². The molecule has 0 amide bonds. The summed E-state index contributed by atoms with van der Waals surface area (Å²) in [6.07, 6.45) is 1.27. The molecule has 0 spiro atoms. The lowest BCUT2D eigenvalue weighted by molar-refractivity contribution is 0.129. The van der Waals surface area contributed by atoms with Crippen molar-refractivity contribution in [1.82, 2.24) is 0 Å². The summed E-state index contributed by atoms with van der Waals surface area (Å²) in [5.74, 6) is 0.592. The molecule has 3 heteroatoms. The molecule has 20 heavy (non-hydrogen) atoms. The lowest BCUT2D eigenvalue weighted by Crippen LogP contribution is -2.26. The number of fused-ring (bicyclic) bond motifs is 1. The molecule has 0 aliphatic rings. The van der Waals surface area contributed by atoms with E-state index >= 15 is 0 Å². The Bertz CT molecular complexity index is 536. The molecule has 3 N–H and O–H groups in total. The van der Waals surface area contributed by atoms with Crippen molar-refractivity contribution in [3.8, 4) is 0 Å². The van der Waals surface area contributed by atoms with Gasteiger partial charge >= 0.3 is 0 Å². The maximum absolute atomic E-state index is 10.3. The number of rotatable bonds is 5. The number of benzene rings is 2. The highest BCUT2D eigenvalue weighted by molar-refractivity contribution is 5.86. The first-order chi connectivity index (χ1) is 9.09. The van der Waals surface area contributed by atoms with E-state index in [4.69, 9.17) is 5.73 Å². The van der Waals surface area contributed by atoms with Crippen LogP contribution >= 0.6 is 12.4 Å². The summed E-state index contributed by atoms with van der Waals surface area (Å²) in [5, 5.41) is 12.6. The van der Waals surface area contributed by atoms with Crippen LogP contribution in [0.4, 0.5) is 0 Å². The van der Waals surface area contributed by atoms with Gasteiger partial charge in [-0.25, -0.2) is 0 Å². The SMILES string of the molecule is CC(C)CC[C@@H](O)[C@@H](N)c1cccc2ccccc12.Cl. The molecule has 110 valence electrons. The first-order valence-corrected chi connectivity index (χ1v) is 7.01. The van der Waals surface area contributed by atoms with E-state index in [0.717, 1.165) is 23.8 Å². The van der Waals surface area contributed by atoms with Gasteiger partial charge in [0, 0.05) is 0 Å². The van der Waals surface area contributed by atoms with Gasteiger partial charge in [-0.15, -0.1) is 12.4 Å². The highest BCUT2D eigenvalue weighted by Gasteiger charge is 2.18. The second-order valence-corrected chi connectivity index (χ2v) is 5.63. The summed E-state index contributed by atoms with van der Waals surface area (Å²) in [4.78, 5) is 0. The van der Waals surface area contributed by atoms with Crippen LogP contribution in [0.15, 0.2) is 42.5 Å². The number of hydrogen-bond donors (Lipinski definition) is 2. The van der Waals surface area contributed by atoms with Crippen LogP contribution in [-0.2, 0) is 0 Å². The Kier molecular flexibility index (Phi) is 6.47. The van der Waals surface area contributed by atoms with Crippen molar-refractivity contribution in [2.24, 2.45) is 11.7 Å². The van der Waals surface area contributed by atoms with Crippen LogP contribution in [-0.4, -0.2) is 11.2 Å². The van der Waals surface area contributed by atoms with E-state index in [9.17, 15) is 5.11 Å². The van der Waals surface area contributed by atoms with E-state index in [0.29, 0.717) is 5.92 Å². The van der Waals surface area contributed by atoms with E-state index in [1.54, 1.807) is 0 Å². The number of hydrogen-bond acceptors (Lipinski definition) is 2. The first kappa shape index (κ1) is 17.0. The lowest BCUT2D eigenvalue weighted by atomic mass is 9.92. The molecular weight excluding hydrogens is 270 g/mol. The summed E-state index contributed by atoms with van der Waals surface area (Å²) in [6.45, 7) is 4.33. The molecule has 2 atom stereocenters. The Balaban J connectivity index is 0.00000200. The summed E-state index contributed by atoms with van der Waals surface area (Å²) in [7, 11) is 0. The van der Waals surface area contributed by atoms with Gasteiger partial charge in [-0.1, -0.05) is 56.3 Å². The Hall–Kier alpha value is -1.09. The number of nitrogens with two attached hydrogens (primary N) is 1. The standard InChI is InChI=1S/C17H23NO.ClH/c1-12(2)10-11-16(19)17(18)15-9-5-7-13-6-3-4-8-14(13)15;/h3-9,12,16-17,19H,10-11,18H2,1-2H3;1H/t16-,17+;/m1./s1. The average molecular weight is 294 g/mol. The fourth-order valence-electron chi connectivity index (χ4n) is 2.43. The zero-order valence-corrected chi connectivity index (χ0v) is 12.9. The molecule has 2 rings (SSSR count). The van der Waals surface area contributed by atoms with Gasteiger partial charge in [0.1, 0.15) is 0 Å². The van der Waals surface area contributed by atoms with E-state index < -0.39 is 6.10 Å². The average Bonchev–Trinajstić information content (AvgIpc) is 2.43. The molecule has 2 aromatic carbocycles. The number of aliphatic hydroxyl groups is 1. The second-order valence-electron chi connectivity index (χ2n) is 5.63. The van der Waals surface area contributed by atoms with Gasteiger partial charge in [-0.05, 0) is 35.1 Å². The highest BCUT2D eigenvalue weighted by Crippen LogP contribution is 2.26. The predicted octanol–water partition coefficient (Wildman–Crippen LogP) is 4.06. The van der Waals surface area contributed by atoms with Crippen molar-refractivity contribution < 1.29 is 5.11 Å². The van der Waals surface area contributed by atoms with Crippen molar-refractivity contribution in [2.45, 2.75) is 38.8 Å². The van der Waals surface area contributed by atoms with E-state index in [1.165, 1.54) is 5.39 Å². The summed E-state index contributed by atoms with van der Waals surface area (Å²) in [6, 6.07) is 14.0. The molecule has 0 heterocycles. The van der Waals surface area contributed by atoms with E-state index in [2.05, 4.69) is 32.0 Å². The van der Waals surface area contributed by atoms with Crippen LogP contribution in [0, 0.1) is 5.92 Å². The Morgan fingerprint density at radius 1 is 1.00 bits per heavy atom. The third-order valence-corrected chi connectivity index (χ3v) is 3.64. The molecule has 0 saturated heterocycles. The molecule has 0 aromatic heterocycles. The summed E-state index contributed by atoms with van der Waals surface area (Å²) in [5.41, 5.74) is 7.28. The third-order valence-electron chi connectivity index (χ3n) is 3.64. The monoisotopic (exact) mass is 293 g/mol. The van der Waals surface area contributed by atoms with Gasteiger partial charge in [0.05, 0.1) is 12.1 Å². The first-order valence-electron chi connectivity index (χ1n) is 7.01. The van der Waals surface area contributed by atoms with Crippen LogP contribution < -0.4 is 5.73 Å². The minimum absolute atomic E-state index is 0. The molecule has 0 radical (unpaired) electrons. The highest BCUT2D eigenvalue weighted by atomic mass is 35.5. The molecular formula is C17H24ClNO. The molecule has 0 fully saturated rings. The van der Waals surface area contributed by atoms with Gasteiger partial charge in [0.25, 0.3) is 0 Å². The van der Waals surface area contributed by atoms with Gasteiger partial charge in [-0.2, -0.15) is 0 Å². The number of halogens is 1. The minimum atomic E-state index is -0.479. The summed E-state index contributed by atoms with van der Waals surface area (Å²) >= 11 is 0. The molecule has 0 aliphatic carbocycles. The zero-order chi connectivity index (χ0) is 13.8. The maximum Gasteiger partial charge on any atom is 0.0733 e. The number of aliphatic hydroxyl groups excluding tert-OH is 1. The zero-order valence-electron chi connectivity index (χ0n) is 12.1. The van der Waals surface area contributed by atoms with E-state index in [1.807, 2.05) is 24.3 Å². The fourth-order valence-corrected chi connectivity index (χ4v) is 2.43. The van der Waals surface area contributed by atoms with Crippen molar-refractivity contribution in [2.75, 3.05) is 0 Å². The molecule has 0 bridgehead atoms. The van der Waals surface area contributed by atoms with Gasteiger partial charge in [0.2, 0.25) is 0 Å². The van der Waals surface area contributed by atoms with Crippen molar-refractivity contribution in [3.05, 3.63) is 48.0 Å². The van der Waals surface area contributed by atoms with Crippen molar-refractivity contribution in [3.63, 3.8) is 0 Å². The predicted molar refractivity (Wildman–Crippen MR) is 88.2 cm³/mol. The third kappa shape index (κ3) is 3.95. The maximum atomic E-state index is 10.3. The van der Waals surface area contributed by atoms with Crippen LogP contribution in [0.5, 0.6) is 0 Å². The summed E-state index contributed by atoms with van der Waals surface area (Å²) < 4.78 is 0. The van der Waals surface area contributed by atoms with Crippen LogP contribution in [0.2, 0.25) is 0 Å². The van der Waals surface area contributed by atoms with Crippen LogP contribution in [0.3, 0.4) is 0 Å². The molecule has 0 unspecified atom stereocenters. The quantitative estimate of drug-likeness (QED) is 0.873. The van der Waals surface area contributed by atoms with Crippen LogP contribution in [0.25, 0.3) is 10.8 Å². The smallest absolute Gasteiger partial charge is 0.0733 e. The Morgan fingerprint density at radius 3 is 2.35 bits per heavy atom. The fraction of sp³-hybridized carbons (Fsp3) is 0.412. The molecule has 0 aliphatic heterocycles. The molecule has 2 nitrogen and oxygen atoms in total. The molecule has 2 aromatic rings. The van der Waals surface area contributed by atoms with E-state index in [-0.39, 0.29) is 18.4 Å². The van der Waals surface area contributed by atoms with Crippen molar-refractivity contribution in [1.29, 1.82) is 0 Å². The van der Waals surface area contributed by atoms with Crippen LogP contribution in [0.1, 0.15) is 38.3 Å². The Labute approximate surface area is 127 Å². The Morgan fingerprint density at radius 2 is 1.65 bits per heavy atom. The van der Waals surface area contributed by atoms with Gasteiger partial charge in [-0.3, -0.25) is 0 Å². The lowest BCUT2D eigenvalue weighted by Gasteiger charge is -2.21. The largest absolute Gasteiger partial charge is 0.391 e. The van der Waals surface area contributed by atoms with Gasteiger partial charge < -0.3 is 10.8 Å². The normalized spacial score (nSPS) is 14.1. The molecule has 0 saturated carbocycles. The van der Waals surface area contributed by atoms with Crippen molar-refractivity contribution >= 4 is 23.2 Å². The minimum Gasteiger partial charge on any atom is -0.391 e.